The lowest BCUT2D eigenvalue weighted by Gasteiger charge is -2.11. The average molecular weight is 301 g/mol. The Morgan fingerprint density at radius 2 is 2.05 bits per heavy atom. The smallest absolute Gasteiger partial charge is 0.238 e. The van der Waals surface area contributed by atoms with Gasteiger partial charge in [0.2, 0.25) is 5.88 Å². The lowest BCUT2D eigenvalue weighted by Crippen LogP contribution is -2.00. The fourth-order valence-corrected chi connectivity index (χ4v) is 2.28. The van der Waals surface area contributed by atoms with Gasteiger partial charge in [-0.25, -0.2) is 0 Å². The second kappa shape index (κ2) is 5.46. The van der Waals surface area contributed by atoms with Crippen LogP contribution in [0.2, 0.25) is 5.02 Å². The number of halogens is 1. The van der Waals surface area contributed by atoms with E-state index in [1.54, 1.807) is 18.3 Å². The molecule has 0 aliphatic carbocycles. The van der Waals surface area contributed by atoms with Gasteiger partial charge < -0.3 is 15.8 Å². The van der Waals surface area contributed by atoms with Crippen LogP contribution in [0.1, 0.15) is 0 Å². The van der Waals surface area contributed by atoms with Gasteiger partial charge in [0.05, 0.1) is 29.0 Å². The van der Waals surface area contributed by atoms with Crippen LogP contribution in [0.5, 0.6) is 5.88 Å². The molecule has 0 fully saturated rings. The first-order valence-electron chi connectivity index (χ1n) is 6.30. The molecule has 1 aromatic carbocycles. The van der Waals surface area contributed by atoms with E-state index >= 15 is 0 Å². The van der Waals surface area contributed by atoms with Crippen LogP contribution >= 0.6 is 11.6 Å². The second-order valence-electron chi connectivity index (χ2n) is 4.41. The number of anilines is 3. The molecule has 3 N–H and O–H groups in total. The SMILES string of the molecule is COc1nc(Nc2ccc(Cl)c3cccnc23)ccc1N. The minimum Gasteiger partial charge on any atom is -0.479 e. The number of hydrogen-bond donors (Lipinski definition) is 2. The molecule has 0 atom stereocenters. The van der Waals surface area contributed by atoms with Crippen molar-refractivity contribution < 1.29 is 4.74 Å². The number of nitrogen functional groups attached to an aromatic ring is 1. The van der Waals surface area contributed by atoms with Crippen LogP contribution in [-0.4, -0.2) is 17.1 Å². The van der Waals surface area contributed by atoms with Crippen molar-refractivity contribution in [2.75, 3.05) is 18.2 Å². The summed E-state index contributed by atoms with van der Waals surface area (Å²) < 4.78 is 5.12. The maximum absolute atomic E-state index is 6.18. The third kappa shape index (κ3) is 2.55. The van der Waals surface area contributed by atoms with E-state index in [1.807, 2.05) is 24.3 Å². The standard InChI is InChI=1S/C15H13ClN4O/c1-21-15-11(17)5-7-13(20-15)19-12-6-4-10(16)9-3-2-8-18-14(9)12/h2-8H,17H2,1H3,(H,19,20). The molecular formula is C15H13ClN4O. The molecule has 0 amide bonds. The van der Waals surface area contributed by atoms with E-state index in [1.165, 1.54) is 7.11 Å². The number of nitrogens with two attached hydrogens (primary N) is 1. The Balaban J connectivity index is 2.04. The highest BCUT2D eigenvalue weighted by Crippen LogP contribution is 2.30. The zero-order chi connectivity index (χ0) is 14.8. The number of ether oxygens (including phenoxy) is 1. The normalized spacial score (nSPS) is 10.6. The summed E-state index contributed by atoms with van der Waals surface area (Å²) in [6, 6.07) is 11.0. The van der Waals surface area contributed by atoms with Gasteiger partial charge >= 0.3 is 0 Å². The molecule has 0 aliphatic rings. The fraction of sp³-hybridized carbons (Fsp3) is 0.0667. The average Bonchev–Trinajstić information content (AvgIpc) is 2.52. The van der Waals surface area contributed by atoms with Crippen LogP contribution in [-0.2, 0) is 0 Å². The van der Waals surface area contributed by atoms with Gasteiger partial charge in [0.15, 0.2) is 0 Å². The Kier molecular flexibility index (Phi) is 3.50. The lowest BCUT2D eigenvalue weighted by molar-refractivity contribution is 0.401. The predicted octanol–water partition coefficient (Wildman–Crippen LogP) is 3.62. The highest BCUT2D eigenvalue weighted by atomic mass is 35.5. The summed E-state index contributed by atoms with van der Waals surface area (Å²) in [5.41, 5.74) is 7.84. The van der Waals surface area contributed by atoms with Gasteiger partial charge in [-0.1, -0.05) is 11.6 Å². The summed E-state index contributed by atoms with van der Waals surface area (Å²) >= 11 is 6.18. The van der Waals surface area contributed by atoms with Crippen LogP contribution in [0.3, 0.4) is 0 Å². The molecule has 0 saturated heterocycles. The number of aromatic nitrogens is 2. The van der Waals surface area contributed by atoms with Gasteiger partial charge in [-0.3, -0.25) is 4.98 Å². The topological polar surface area (TPSA) is 73.1 Å². The molecule has 2 heterocycles. The summed E-state index contributed by atoms with van der Waals surface area (Å²) in [5.74, 6) is 1.00. The van der Waals surface area contributed by atoms with Crippen LogP contribution < -0.4 is 15.8 Å². The molecule has 0 bridgehead atoms. The van der Waals surface area contributed by atoms with Crippen LogP contribution in [0, 0.1) is 0 Å². The third-order valence-electron chi connectivity index (χ3n) is 3.06. The molecule has 0 spiro atoms. The van der Waals surface area contributed by atoms with E-state index in [9.17, 15) is 0 Å². The van der Waals surface area contributed by atoms with E-state index in [4.69, 9.17) is 22.1 Å². The zero-order valence-corrected chi connectivity index (χ0v) is 12.1. The Morgan fingerprint density at radius 3 is 2.86 bits per heavy atom. The molecule has 6 heteroatoms. The molecule has 0 unspecified atom stereocenters. The van der Waals surface area contributed by atoms with Gasteiger partial charge in [-0.15, -0.1) is 0 Å². The molecule has 0 saturated carbocycles. The van der Waals surface area contributed by atoms with Crippen molar-refractivity contribution >= 4 is 39.7 Å². The van der Waals surface area contributed by atoms with Gasteiger partial charge in [0, 0.05) is 11.6 Å². The molecular weight excluding hydrogens is 288 g/mol. The molecule has 3 aromatic rings. The summed E-state index contributed by atoms with van der Waals surface area (Å²) in [6.07, 6.45) is 1.72. The van der Waals surface area contributed by atoms with Crippen molar-refractivity contribution in [1.29, 1.82) is 0 Å². The fourth-order valence-electron chi connectivity index (χ4n) is 2.06. The molecule has 21 heavy (non-hydrogen) atoms. The van der Waals surface area contributed by atoms with Crippen molar-refractivity contribution in [1.82, 2.24) is 9.97 Å². The summed E-state index contributed by atoms with van der Waals surface area (Å²) in [7, 11) is 1.53. The highest BCUT2D eigenvalue weighted by Gasteiger charge is 2.08. The first kappa shape index (κ1) is 13.5. The monoisotopic (exact) mass is 300 g/mol. The summed E-state index contributed by atoms with van der Waals surface area (Å²) in [4.78, 5) is 8.66. The lowest BCUT2D eigenvalue weighted by atomic mass is 10.2. The van der Waals surface area contributed by atoms with Crippen molar-refractivity contribution in [3.63, 3.8) is 0 Å². The van der Waals surface area contributed by atoms with Crippen molar-refractivity contribution in [2.24, 2.45) is 0 Å². The van der Waals surface area contributed by atoms with E-state index in [2.05, 4.69) is 15.3 Å². The Morgan fingerprint density at radius 1 is 1.19 bits per heavy atom. The zero-order valence-electron chi connectivity index (χ0n) is 11.3. The van der Waals surface area contributed by atoms with Gasteiger partial charge in [-0.05, 0) is 36.4 Å². The molecule has 106 valence electrons. The maximum atomic E-state index is 6.18. The van der Waals surface area contributed by atoms with Crippen molar-refractivity contribution in [3.8, 4) is 5.88 Å². The number of nitrogens with zero attached hydrogens (tertiary/aromatic N) is 2. The van der Waals surface area contributed by atoms with Crippen LogP contribution in [0.25, 0.3) is 10.9 Å². The van der Waals surface area contributed by atoms with E-state index in [0.717, 1.165) is 16.6 Å². The minimum absolute atomic E-state index is 0.381. The maximum Gasteiger partial charge on any atom is 0.238 e. The number of methoxy groups -OCH3 is 1. The van der Waals surface area contributed by atoms with Crippen molar-refractivity contribution in [2.45, 2.75) is 0 Å². The largest absolute Gasteiger partial charge is 0.479 e. The first-order valence-corrected chi connectivity index (χ1v) is 6.67. The Hall–Kier alpha value is -2.53. The molecule has 2 aromatic heterocycles. The first-order chi connectivity index (χ1) is 10.2. The van der Waals surface area contributed by atoms with Crippen LogP contribution in [0.4, 0.5) is 17.2 Å². The number of pyridine rings is 2. The Bertz CT molecular complexity index is 807. The van der Waals surface area contributed by atoms with Gasteiger partial charge in [-0.2, -0.15) is 4.98 Å². The molecule has 0 aliphatic heterocycles. The van der Waals surface area contributed by atoms with Gasteiger partial charge in [0.25, 0.3) is 0 Å². The second-order valence-corrected chi connectivity index (χ2v) is 4.82. The Labute approximate surface area is 126 Å². The van der Waals surface area contributed by atoms with E-state index in [-0.39, 0.29) is 0 Å². The molecule has 5 nitrogen and oxygen atoms in total. The summed E-state index contributed by atoms with van der Waals surface area (Å²) in [6.45, 7) is 0. The van der Waals surface area contributed by atoms with Crippen molar-refractivity contribution in [3.05, 3.63) is 47.6 Å². The van der Waals surface area contributed by atoms with E-state index in [0.29, 0.717) is 22.4 Å². The minimum atomic E-state index is 0.381. The highest BCUT2D eigenvalue weighted by molar-refractivity contribution is 6.35. The summed E-state index contributed by atoms with van der Waals surface area (Å²) in [5, 5.41) is 4.75. The predicted molar refractivity (Wildman–Crippen MR) is 85.2 cm³/mol. The quantitative estimate of drug-likeness (QED) is 0.773. The van der Waals surface area contributed by atoms with E-state index < -0.39 is 0 Å². The number of hydrogen-bond acceptors (Lipinski definition) is 5. The third-order valence-corrected chi connectivity index (χ3v) is 3.39. The number of nitrogens with one attached hydrogen (secondary N) is 1. The van der Waals surface area contributed by atoms with Gasteiger partial charge in [0.1, 0.15) is 5.82 Å². The molecule has 3 rings (SSSR count). The number of benzene rings is 1. The molecule has 0 radical (unpaired) electrons. The number of fused-ring (bicyclic) bond motifs is 1. The van der Waals surface area contributed by atoms with Crippen LogP contribution in [0.15, 0.2) is 42.6 Å². The number of rotatable bonds is 3.